The molecule has 1 aliphatic carbocycles. The molecule has 0 unspecified atom stereocenters. The highest BCUT2D eigenvalue weighted by Gasteiger charge is 2.31. The minimum atomic E-state index is -1.09. The number of carbonyl (C=O) groups excluding carboxylic acids is 2. The molecule has 1 fully saturated rings. The van der Waals surface area contributed by atoms with Crippen LogP contribution in [0.15, 0.2) is 30.3 Å². The van der Waals surface area contributed by atoms with E-state index in [1.807, 2.05) is 37.3 Å². The van der Waals surface area contributed by atoms with E-state index in [9.17, 15) is 14.7 Å². The normalized spacial score (nSPS) is 23.3. The summed E-state index contributed by atoms with van der Waals surface area (Å²) in [6.07, 6.45) is 2.97. The Balaban J connectivity index is 1.90. The van der Waals surface area contributed by atoms with Gasteiger partial charge in [-0.1, -0.05) is 50.1 Å². The van der Waals surface area contributed by atoms with Crippen LogP contribution in [0.3, 0.4) is 0 Å². The van der Waals surface area contributed by atoms with E-state index in [1.54, 1.807) is 0 Å². The van der Waals surface area contributed by atoms with Crippen molar-refractivity contribution in [3.05, 3.63) is 35.9 Å². The monoisotopic (exact) mass is 288 g/mol. The van der Waals surface area contributed by atoms with Crippen molar-refractivity contribution in [3.8, 4) is 0 Å². The maximum absolute atomic E-state index is 12.2. The zero-order valence-electron chi connectivity index (χ0n) is 12.4. The van der Waals surface area contributed by atoms with Gasteiger partial charge in [0, 0.05) is 24.3 Å². The highest BCUT2D eigenvalue weighted by Crippen LogP contribution is 2.30. The van der Waals surface area contributed by atoms with Crippen molar-refractivity contribution in [2.45, 2.75) is 38.5 Å². The summed E-state index contributed by atoms with van der Waals surface area (Å²) >= 11 is 0. The van der Waals surface area contributed by atoms with E-state index in [1.165, 1.54) is 0 Å². The fourth-order valence-electron chi connectivity index (χ4n) is 3.01. The molecule has 0 spiro atoms. The Morgan fingerprint density at radius 1 is 1.19 bits per heavy atom. The molecule has 4 heteroatoms. The lowest BCUT2D eigenvalue weighted by atomic mass is 9.78. The molecule has 0 aromatic heterocycles. The summed E-state index contributed by atoms with van der Waals surface area (Å²) in [4.78, 5) is 23.4. The van der Waals surface area contributed by atoms with Gasteiger partial charge in [0.05, 0.1) is 0 Å². The summed E-state index contributed by atoms with van der Waals surface area (Å²) in [5.74, 6) is -2.10. The first-order valence-electron chi connectivity index (χ1n) is 7.63. The van der Waals surface area contributed by atoms with Crippen molar-refractivity contribution in [2.75, 3.05) is 6.54 Å². The maximum Gasteiger partial charge on any atom is 0.223 e. The van der Waals surface area contributed by atoms with Crippen LogP contribution in [0, 0.1) is 11.8 Å². The second-order valence-electron chi connectivity index (χ2n) is 5.87. The van der Waals surface area contributed by atoms with Crippen molar-refractivity contribution >= 4 is 11.9 Å². The lowest BCUT2D eigenvalue weighted by Crippen LogP contribution is -2.45. The molecular formula is C17H22NO3-. The first-order valence-corrected chi connectivity index (χ1v) is 7.63. The van der Waals surface area contributed by atoms with Gasteiger partial charge in [0.2, 0.25) is 5.91 Å². The van der Waals surface area contributed by atoms with Gasteiger partial charge in [0.25, 0.3) is 0 Å². The number of aliphatic carboxylic acids is 1. The summed E-state index contributed by atoms with van der Waals surface area (Å²) in [5, 5.41) is 14.0. The molecule has 114 valence electrons. The highest BCUT2D eigenvalue weighted by atomic mass is 16.4. The number of carboxylic acids is 1. The molecule has 1 aromatic carbocycles. The van der Waals surface area contributed by atoms with Gasteiger partial charge in [-0.25, -0.2) is 0 Å². The summed E-state index contributed by atoms with van der Waals surface area (Å²) in [6.45, 7) is 2.58. The van der Waals surface area contributed by atoms with Gasteiger partial charge < -0.3 is 15.2 Å². The predicted octanol–water partition coefficient (Wildman–Crippen LogP) is 1.46. The van der Waals surface area contributed by atoms with E-state index in [-0.39, 0.29) is 11.8 Å². The molecule has 1 aromatic rings. The van der Waals surface area contributed by atoms with Crippen molar-refractivity contribution in [2.24, 2.45) is 11.8 Å². The van der Waals surface area contributed by atoms with E-state index < -0.39 is 17.8 Å². The van der Waals surface area contributed by atoms with Crippen LogP contribution >= 0.6 is 0 Å². The molecule has 2 rings (SSSR count). The summed E-state index contributed by atoms with van der Waals surface area (Å²) in [5.41, 5.74) is 1.16. The number of benzene rings is 1. The molecule has 0 radical (unpaired) electrons. The number of rotatable bonds is 5. The van der Waals surface area contributed by atoms with Crippen molar-refractivity contribution in [1.29, 1.82) is 0 Å². The topological polar surface area (TPSA) is 69.2 Å². The fraction of sp³-hybridized carbons (Fsp3) is 0.529. The number of hydrogen-bond acceptors (Lipinski definition) is 3. The van der Waals surface area contributed by atoms with Gasteiger partial charge >= 0.3 is 0 Å². The SMILES string of the molecule is C[C@@H](CNC(=O)[C@@H]1CCCC[C@@H]1C(=O)[O-])c1ccccc1. The smallest absolute Gasteiger partial charge is 0.223 e. The largest absolute Gasteiger partial charge is 0.550 e. The van der Waals surface area contributed by atoms with Crippen LogP contribution in [-0.4, -0.2) is 18.4 Å². The number of hydrogen-bond donors (Lipinski definition) is 1. The third-order valence-electron chi connectivity index (χ3n) is 4.36. The third kappa shape index (κ3) is 4.06. The van der Waals surface area contributed by atoms with Crippen LogP contribution in [0.5, 0.6) is 0 Å². The minimum Gasteiger partial charge on any atom is -0.550 e. The van der Waals surface area contributed by atoms with Crippen LogP contribution in [0.2, 0.25) is 0 Å². The van der Waals surface area contributed by atoms with Gasteiger partial charge in [-0.15, -0.1) is 0 Å². The molecule has 21 heavy (non-hydrogen) atoms. The zero-order chi connectivity index (χ0) is 15.2. The second kappa shape index (κ2) is 7.25. The lowest BCUT2D eigenvalue weighted by Gasteiger charge is -2.31. The summed E-state index contributed by atoms with van der Waals surface area (Å²) < 4.78 is 0. The Kier molecular flexibility index (Phi) is 5.37. The Labute approximate surface area is 125 Å². The molecule has 0 saturated heterocycles. The highest BCUT2D eigenvalue weighted by molar-refractivity contribution is 5.84. The number of carbonyl (C=O) groups is 2. The average molecular weight is 288 g/mol. The molecule has 1 amide bonds. The number of amides is 1. The lowest BCUT2D eigenvalue weighted by molar-refractivity contribution is -0.314. The predicted molar refractivity (Wildman–Crippen MR) is 78.3 cm³/mol. The van der Waals surface area contributed by atoms with E-state index >= 15 is 0 Å². The van der Waals surface area contributed by atoms with Gasteiger partial charge in [-0.3, -0.25) is 4.79 Å². The Morgan fingerprint density at radius 3 is 2.43 bits per heavy atom. The van der Waals surface area contributed by atoms with Crippen LogP contribution < -0.4 is 10.4 Å². The third-order valence-corrected chi connectivity index (χ3v) is 4.36. The van der Waals surface area contributed by atoms with Gasteiger partial charge in [-0.05, 0) is 24.3 Å². The quantitative estimate of drug-likeness (QED) is 0.892. The standard InChI is InChI=1S/C17H23NO3/c1-12(13-7-3-2-4-8-13)11-18-16(19)14-9-5-6-10-15(14)17(20)21/h2-4,7-8,12,14-15H,5-6,9-11H2,1H3,(H,18,19)(H,20,21)/p-1/t12-,14+,15-/m0/s1. The second-order valence-corrected chi connectivity index (χ2v) is 5.87. The van der Waals surface area contributed by atoms with E-state index in [0.717, 1.165) is 18.4 Å². The first-order chi connectivity index (χ1) is 10.1. The molecular weight excluding hydrogens is 266 g/mol. The number of carboxylic acid groups (broad SMARTS) is 1. The van der Waals surface area contributed by atoms with Crippen LogP contribution in [0.1, 0.15) is 44.1 Å². The molecule has 0 heterocycles. The van der Waals surface area contributed by atoms with Crippen LogP contribution in [0.4, 0.5) is 0 Å². The average Bonchev–Trinajstić information content (AvgIpc) is 2.53. The number of nitrogens with one attached hydrogen (secondary N) is 1. The van der Waals surface area contributed by atoms with E-state index in [2.05, 4.69) is 5.32 Å². The molecule has 0 bridgehead atoms. The van der Waals surface area contributed by atoms with Crippen molar-refractivity contribution in [1.82, 2.24) is 5.32 Å². The maximum atomic E-state index is 12.2. The van der Waals surface area contributed by atoms with Gasteiger partial charge in [0.15, 0.2) is 0 Å². The zero-order valence-corrected chi connectivity index (χ0v) is 12.4. The Morgan fingerprint density at radius 2 is 1.81 bits per heavy atom. The van der Waals surface area contributed by atoms with Crippen LogP contribution in [0.25, 0.3) is 0 Å². The summed E-state index contributed by atoms with van der Waals surface area (Å²) in [6, 6.07) is 9.96. The molecule has 1 N–H and O–H groups in total. The van der Waals surface area contributed by atoms with Gasteiger partial charge in [0.1, 0.15) is 0 Å². The van der Waals surface area contributed by atoms with Crippen molar-refractivity contribution < 1.29 is 14.7 Å². The van der Waals surface area contributed by atoms with Crippen molar-refractivity contribution in [3.63, 3.8) is 0 Å². The Hall–Kier alpha value is -1.84. The molecule has 3 atom stereocenters. The molecule has 1 saturated carbocycles. The van der Waals surface area contributed by atoms with Gasteiger partial charge in [-0.2, -0.15) is 0 Å². The van der Waals surface area contributed by atoms with E-state index in [0.29, 0.717) is 19.4 Å². The van der Waals surface area contributed by atoms with E-state index in [4.69, 9.17) is 0 Å². The van der Waals surface area contributed by atoms with Crippen LogP contribution in [-0.2, 0) is 9.59 Å². The molecule has 1 aliphatic rings. The Bertz CT molecular complexity index is 486. The minimum absolute atomic E-state index is 0.147. The fourth-order valence-corrected chi connectivity index (χ4v) is 3.01. The first kappa shape index (κ1) is 15.5. The molecule has 4 nitrogen and oxygen atoms in total. The molecule has 0 aliphatic heterocycles. The summed E-state index contributed by atoms with van der Waals surface area (Å²) in [7, 11) is 0.